The van der Waals surface area contributed by atoms with Gasteiger partial charge >= 0.3 is 0 Å². The van der Waals surface area contributed by atoms with E-state index in [-0.39, 0.29) is 17.6 Å². The summed E-state index contributed by atoms with van der Waals surface area (Å²) in [5.41, 5.74) is 1.17. The second-order valence-corrected chi connectivity index (χ2v) is 6.22. The van der Waals surface area contributed by atoms with E-state index in [4.69, 9.17) is 16.3 Å². The molecule has 0 bridgehead atoms. The van der Waals surface area contributed by atoms with Crippen LogP contribution < -0.4 is 5.32 Å². The van der Waals surface area contributed by atoms with Gasteiger partial charge in [0.25, 0.3) is 0 Å². The standard InChI is InChI=1S/C15H25ClN2O/c1-6-19-14(15(2,3)4)13(17-5)9-11-7-8-18-10-12(11)16/h7-8,10,13-14,17H,6,9H2,1-5H3. The predicted octanol–water partition coefficient (Wildman–Crippen LogP) is 3.32. The first-order valence-electron chi connectivity index (χ1n) is 6.77. The van der Waals surface area contributed by atoms with Crippen molar-refractivity contribution in [3.8, 4) is 0 Å². The van der Waals surface area contributed by atoms with Gasteiger partial charge in [-0.25, -0.2) is 0 Å². The van der Waals surface area contributed by atoms with Crippen LogP contribution in [0.3, 0.4) is 0 Å². The Balaban J connectivity index is 2.89. The number of likely N-dealkylation sites (N-methyl/N-ethyl adjacent to an activating group) is 1. The highest BCUT2D eigenvalue weighted by atomic mass is 35.5. The highest BCUT2D eigenvalue weighted by Gasteiger charge is 2.32. The number of hydrogen-bond donors (Lipinski definition) is 1. The minimum Gasteiger partial charge on any atom is -0.376 e. The van der Waals surface area contributed by atoms with Gasteiger partial charge in [-0.15, -0.1) is 0 Å². The number of nitrogens with one attached hydrogen (secondary N) is 1. The summed E-state index contributed by atoms with van der Waals surface area (Å²) in [6.07, 6.45) is 4.43. The van der Waals surface area contributed by atoms with Gasteiger partial charge < -0.3 is 10.1 Å². The molecular weight excluding hydrogens is 260 g/mol. The van der Waals surface area contributed by atoms with Crippen LogP contribution in [-0.4, -0.2) is 30.8 Å². The molecule has 2 unspecified atom stereocenters. The van der Waals surface area contributed by atoms with E-state index in [0.29, 0.717) is 11.6 Å². The molecule has 108 valence electrons. The Kier molecular flexibility index (Phi) is 6.24. The minimum atomic E-state index is 0.0726. The molecule has 1 heterocycles. The van der Waals surface area contributed by atoms with Crippen LogP contribution in [-0.2, 0) is 11.2 Å². The lowest BCUT2D eigenvalue weighted by atomic mass is 9.82. The topological polar surface area (TPSA) is 34.1 Å². The molecule has 0 aliphatic rings. The van der Waals surface area contributed by atoms with Gasteiger partial charge in [-0.1, -0.05) is 32.4 Å². The van der Waals surface area contributed by atoms with Crippen LogP contribution in [0.5, 0.6) is 0 Å². The molecule has 1 N–H and O–H groups in total. The quantitative estimate of drug-likeness (QED) is 0.870. The van der Waals surface area contributed by atoms with Crippen LogP contribution in [0.1, 0.15) is 33.3 Å². The van der Waals surface area contributed by atoms with E-state index in [1.54, 1.807) is 12.4 Å². The molecule has 0 saturated carbocycles. The second kappa shape index (κ2) is 7.22. The molecule has 0 spiro atoms. The molecule has 1 aromatic rings. The molecule has 0 radical (unpaired) electrons. The van der Waals surface area contributed by atoms with Crippen LogP contribution in [0.4, 0.5) is 0 Å². The predicted molar refractivity (Wildman–Crippen MR) is 80.7 cm³/mol. The fourth-order valence-electron chi connectivity index (χ4n) is 2.32. The van der Waals surface area contributed by atoms with Crippen LogP contribution in [0, 0.1) is 5.41 Å². The molecule has 4 heteroatoms. The third-order valence-corrected chi connectivity index (χ3v) is 3.57. The SMILES string of the molecule is CCOC(C(Cc1ccncc1Cl)NC)C(C)(C)C. The fraction of sp³-hybridized carbons (Fsp3) is 0.667. The van der Waals surface area contributed by atoms with E-state index in [1.807, 2.05) is 20.0 Å². The van der Waals surface area contributed by atoms with E-state index in [2.05, 4.69) is 31.1 Å². The first-order chi connectivity index (χ1) is 8.90. The first-order valence-corrected chi connectivity index (χ1v) is 7.15. The summed E-state index contributed by atoms with van der Waals surface area (Å²) in [7, 11) is 1.97. The summed E-state index contributed by atoms with van der Waals surface area (Å²) in [6.45, 7) is 9.35. The number of rotatable bonds is 6. The van der Waals surface area contributed by atoms with Gasteiger partial charge in [-0.3, -0.25) is 4.98 Å². The summed E-state index contributed by atoms with van der Waals surface area (Å²) < 4.78 is 5.95. The van der Waals surface area contributed by atoms with Crippen molar-refractivity contribution in [1.82, 2.24) is 10.3 Å². The van der Waals surface area contributed by atoms with E-state index < -0.39 is 0 Å². The van der Waals surface area contributed by atoms with Gasteiger partial charge in [0, 0.05) is 25.0 Å². The lowest BCUT2D eigenvalue weighted by molar-refractivity contribution is -0.0340. The molecule has 1 aromatic heterocycles. The van der Waals surface area contributed by atoms with Gasteiger partial charge in [0.1, 0.15) is 0 Å². The van der Waals surface area contributed by atoms with Crippen molar-refractivity contribution in [1.29, 1.82) is 0 Å². The zero-order valence-corrected chi connectivity index (χ0v) is 13.3. The Morgan fingerprint density at radius 2 is 2.11 bits per heavy atom. The largest absolute Gasteiger partial charge is 0.376 e. The Labute approximate surface area is 121 Å². The van der Waals surface area contributed by atoms with Gasteiger partial charge in [0.15, 0.2) is 0 Å². The van der Waals surface area contributed by atoms with Gasteiger partial charge in [-0.2, -0.15) is 0 Å². The van der Waals surface area contributed by atoms with E-state index in [9.17, 15) is 0 Å². The van der Waals surface area contributed by atoms with Crippen molar-refractivity contribution in [2.75, 3.05) is 13.7 Å². The molecule has 0 aliphatic heterocycles. The fourth-order valence-corrected chi connectivity index (χ4v) is 2.51. The van der Waals surface area contributed by atoms with Crippen LogP contribution in [0.15, 0.2) is 18.5 Å². The molecule has 2 atom stereocenters. The summed E-state index contributed by atoms with van der Waals surface area (Å²) in [5, 5.41) is 4.08. The smallest absolute Gasteiger partial charge is 0.0779 e. The zero-order chi connectivity index (χ0) is 14.5. The molecular formula is C15H25ClN2O. The summed E-state index contributed by atoms with van der Waals surface area (Å²) >= 11 is 6.19. The van der Waals surface area contributed by atoms with Crippen molar-refractivity contribution < 1.29 is 4.74 Å². The van der Waals surface area contributed by atoms with Crippen molar-refractivity contribution in [3.63, 3.8) is 0 Å². The number of ether oxygens (including phenoxy) is 1. The molecule has 0 aromatic carbocycles. The van der Waals surface area contributed by atoms with Crippen molar-refractivity contribution >= 4 is 11.6 Å². The van der Waals surface area contributed by atoms with E-state index >= 15 is 0 Å². The van der Waals surface area contributed by atoms with E-state index in [0.717, 1.165) is 12.0 Å². The molecule has 1 rings (SSSR count). The lowest BCUT2D eigenvalue weighted by Gasteiger charge is -2.37. The number of hydrogen-bond acceptors (Lipinski definition) is 3. The zero-order valence-electron chi connectivity index (χ0n) is 12.5. The van der Waals surface area contributed by atoms with Crippen molar-refractivity contribution in [3.05, 3.63) is 29.0 Å². The molecule has 0 aliphatic carbocycles. The normalized spacial score (nSPS) is 15.3. The maximum atomic E-state index is 6.19. The number of aromatic nitrogens is 1. The number of halogens is 1. The van der Waals surface area contributed by atoms with Crippen LogP contribution in [0.25, 0.3) is 0 Å². The van der Waals surface area contributed by atoms with Crippen molar-refractivity contribution in [2.24, 2.45) is 5.41 Å². The van der Waals surface area contributed by atoms with Gasteiger partial charge in [-0.05, 0) is 37.4 Å². The highest BCUT2D eigenvalue weighted by molar-refractivity contribution is 6.31. The monoisotopic (exact) mass is 284 g/mol. The van der Waals surface area contributed by atoms with Gasteiger partial charge in [0.2, 0.25) is 0 Å². The van der Waals surface area contributed by atoms with Crippen LogP contribution in [0.2, 0.25) is 5.02 Å². The average Bonchev–Trinajstić information content (AvgIpc) is 2.34. The first kappa shape index (κ1) is 16.4. The van der Waals surface area contributed by atoms with Crippen molar-refractivity contribution in [2.45, 2.75) is 46.3 Å². The van der Waals surface area contributed by atoms with E-state index in [1.165, 1.54) is 0 Å². The third kappa shape index (κ3) is 4.75. The minimum absolute atomic E-state index is 0.0726. The van der Waals surface area contributed by atoms with Crippen LogP contribution >= 0.6 is 11.6 Å². The Morgan fingerprint density at radius 3 is 2.58 bits per heavy atom. The number of pyridine rings is 1. The summed E-state index contributed by atoms with van der Waals surface area (Å²) in [6, 6.07) is 2.19. The maximum Gasteiger partial charge on any atom is 0.0779 e. The molecule has 0 fully saturated rings. The Bertz CT molecular complexity index is 390. The molecule has 19 heavy (non-hydrogen) atoms. The Hall–Kier alpha value is -0.640. The molecule has 0 saturated heterocycles. The highest BCUT2D eigenvalue weighted by Crippen LogP contribution is 2.27. The van der Waals surface area contributed by atoms with Gasteiger partial charge in [0.05, 0.1) is 11.1 Å². The molecule has 3 nitrogen and oxygen atoms in total. The Morgan fingerprint density at radius 1 is 1.42 bits per heavy atom. The summed E-state index contributed by atoms with van der Waals surface area (Å²) in [5.74, 6) is 0. The lowest BCUT2D eigenvalue weighted by Crippen LogP contribution is -2.48. The number of nitrogens with zero attached hydrogens (tertiary/aromatic N) is 1. The molecule has 0 amide bonds. The average molecular weight is 285 g/mol. The third-order valence-electron chi connectivity index (χ3n) is 3.23. The maximum absolute atomic E-state index is 6.19. The second-order valence-electron chi connectivity index (χ2n) is 5.81. The summed E-state index contributed by atoms with van der Waals surface area (Å²) in [4.78, 5) is 4.02.